The van der Waals surface area contributed by atoms with Crippen LogP contribution < -0.4 is 0 Å². The highest BCUT2D eigenvalue weighted by molar-refractivity contribution is 9.10. The first-order chi connectivity index (χ1) is 12.1. The van der Waals surface area contributed by atoms with Crippen molar-refractivity contribution in [3.63, 3.8) is 0 Å². The summed E-state index contributed by atoms with van der Waals surface area (Å²) < 4.78 is 8.31. The first-order valence-corrected chi connectivity index (χ1v) is 9.14. The highest BCUT2D eigenvalue weighted by Crippen LogP contribution is 2.33. The number of pyridine rings is 1. The SMILES string of the molecule is COCn1c(-c2ccc(CC(C)C)cc2)nc(Br)c1-c1ccncc1. The molecule has 0 spiro atoms. The second-order valence-electron chi connectivity index (χ2n) is 6.45. The average Bonchev–Trinajstić information content (AvgIpc) is 2.92. The van der Waals surface area contributed by atoms with Crippen LogP contribution >= 0.6 is 15.9 Å². The van der Waals surface area contributed by atoms with E-state index in [-0.39, 0.29) is 0 Å². The molecule has 3 rings (SSSR count). The summed E-state index contributed by atoms with van der Waals surface area (Å²) in [5.74, 6) is 1.53. The van der Waals surface area contributed by atoms with Crippen molar-refractivity contribution in [3.05, 3.63) is 59.0 Å². The van der Waals surface area contributed by atoms with Crippen molar-refractivity contribution in [1.82, 2.24) is 14.5 Å². The molecule has 2 heterocycles. The molecule has 0 saturated heterocycles. The van der Waals surface area contributed by atoms with Crippen molar-refractivity contribution >= 4 is 15.9 Å². The molecule has 0 N–H and O–H groups in total. The van der Waals surface area contributed by atoms with E-state index in [0.717, 1.165) is 33.7 Å². The third-order valence-corrected chi connectivity index (χ3v) is 4.55. The molecule has 3 aromatic rings. The quantitative estimate of drug-likeness (QED) is 0.573. The lowest BCUT2D eigenvalue weighted by Gasteiger charge is -2.12. The van der Waals surface area contributed by atoms with Gasteiger partial charge >= 0.3 is 0 Å². The number of hydrogen-bond donors (Lipinski definition) is 0. The molecule has 130 valence electrons. The summed E-state index contributed by atoms with van der Waals surface area (Å²) in [6.07, 6.45) is 4.65. The Hall–Kier alpha value is -1.98. The molecule has 0 aliphatic rings. The number of ether oxygens (including phenoxy) is 1. The van der Waals surface area contributed by atoms with Crippen LogP contribution in [0.4, 0.5) is 0 Å². The maximum Gasteiger partial charge on any atom is 0.143 e. The molecule has 0 radical (unpaired) electrons. The Kier molecular flexibility index (Phi) is 5.66. The molecule has 0 atom stereocenters. The van der Waals surface area contributed by atoms with Gasteiger partial charge in [0, 0.05) is 30.6 Å². The third-order valence-electron chi connectivity index (χ3n) is 3.99. The molecule has 0 aliphatic carbocycles. The summed E-state index contributed by atoms with van der Waals surface area (Å²) >= 11 is 3.61. The van der Waals surface area contributed by atoms with Crippen molar-refractivity contribution in [2.75, 3.05) is 7.11 Å². The monoisotopic (exact) mass is 399 g/mol. The molecule has 0 unspecified atom stereocenters. The van der Waals surface area contributed by atoms with Crippen molar-refractivity contribution < 1.29 is 4.74 Å². The van der Waals surface area contributed by atoms with Gasteiger partial charge in [-0.2, -0.15) is 0 Å². The maximum atomic E-state index is 5.43. The average molecular weight is 400 g/mol. The summed E-state index contributed by atoms with van der Waals surface area (Å²) in [6, 6.07) is 12.6. The van der Waals surface area contributed by atoms with E-state index in [1.165, 1.54) is 5.56 Å². The second-order valence-corrected chi connectivity index (χ2v) is 7.20. The highest BCUT2D eigenvalue weighted by Gasteiger charge is 2.18. The molecular formula is C20H22BrN3O. The lowest BCUT2D eigenvalue weighted by atomic mass is 10.0. The Morgan fingerprint density at radius 1 is 1.04 bits per heavy atom. The largest absolute Gasteiger partial charge is 0.364 e. The van der Waals surface area contributed by atoms with Gasteiger partial charge < -0.3 is 4.74 Å². The predicted octanol–water partition coefficient (Wildman–Crippen LogP) is 5.18. The van der Waals surface area contributed by atoms with Crippen molar-refractivity contribution in [3.8, 4) is 22.6 Å². The van der Waals surface area contributed by atoms with Crippen molar-refractivity contribution in [1.29, 1.82) is 0 Å². The molecule has 2 aromatic heterocycles. The molecular weight excluding hydrogens is 378 g/mol. The molecule has 1 aromatic carbocycles. The van der Waals surface area contributed by atoms with E-state index >= 15 is 0 Å². The Labute approximate surface area is 157 Å². The van der Waals surface area contributed by atoms with Gasteiger partial charge in [0.2, 0.25) is 0 Å². The summed E-state index contributed by atoms with van der Waals surface area (Å²) in [6.45, 7) is 4.90. The smallest absolute Gasteiger partial charge is 0.143 e. The standard InChI is InChI=1S/C20H22BrN3O/c1-14(2)12-15-4-6-17(7-5-15)20-23-19(21)18(24(20)13-25-3)16-8-10-22-11-9-16/h4-11,14H,12-13H2,1-3H3. The highest BCUT2D eigenvalue weighted by atomic mass is 79.9. The van der Waals surface area contributed by atoms with Gasteiger partial charge in [0.05, 0.1) is 5.69 Å². The van der Waals surface area contributed by atoms with E-state index in [0.29, 0.717) is 12.6 Å². The lowest BCUT2D eigenvalue weighted by Crippen LogP contribution is -2.04. The minimum atomic E-state index is 0.430. The lowest BCUT2D eigenvalue weighted by molar-refractivity contribution is 0.133. The van der Waals surface area contributed by atoms with Crippen LogP contribution in [-0.2, 0) is 17.9 Å². The van der Waals surface area contributed by atoms with E-state index in [9.17, 15) is 0 Å². The topological polar surface area (TPSA) is 39.9 Å². The van der Waals surface area contributed by atoms with E-state index in [2.05, 4.69) is 63.6 Å². The van der Waals surface area contributed by atoms with Crippen LogP contribution in [0.1, 0.15) is 19.4 Å². The molecule has 0 bridgehead atoms. The number of benzene rings is 1. The fraction of sp³-hybridized carbons (Fsp3) is 0.300. The fourth-order valence-corrected chi connectivity index (χ4v) is 3.56. The summed E-state index contributed by atoms with van der Waals surface area (Å²) in [5, 5.41) is 0. The Morgan fingerprint density at radius 3 is 2.32 bits per heavy atom. The fourth-order valence-electron chi connectivity index (χ4n) is 2.94. The van der Waals surface area contributed by atoms with E-state index in [1.54, 1.807) is 19.5 Å². The second kappa shape index (κ2) is 7.93. The zero-order valence-electron chi connectivity index (χ0n) is 14.7. The minimum absolute atomic E-state index is 0.430. The van der Waals surface area contributed by atoms with E-state index in [1.807, 2.05) is 12.1 Å². The number of methoxy groups -OCH3 is 1. The third kappa shape index (κ3) is 3.99. The zero-order valence-corrected chi connectivity index (χ0v) is 16.3. The minimum Gasteiger partial charge on any atom is -0.364 e. The van der Waals surface area contributed by atoms with E-state index < -0.39 is 0 Å². The molecule has 4 nitrogen and oxygen atoms in total. The maximum absolute atomic E-state index is 5.43. The Bertz CT molecular complexity index is 826. The Morgan fingerprint density at radius 2 is 1.72 bits per heavy atom. The van der Waals surface area contributed by atoms with Crippen LogP contribution in [0.3, 0.4) is 0 Å². The number of aromatic nitrogens is 3. The van der Waals surface area contributed by atoms with Gasteiger partial charge in [-0.1, -0.05) is 38.1 Å². The first kappa shape index (κ1) is 17.8. The number of nitrogens with zero attached hydrogens (tertiary/aromatic N) is 3. The van der Waals surface area contributed by atoms with Crippen LogP contribution in [0, 0.1) is 5.92 Å². The number of hydrogen-bond acceptors (Lipinski definition) is 3. The normalized spacial score (nSPS) is 11.2. The van der Waals surface area contributed by atoms with Gasteiger partial charge in [-0.25, -0.2) is 4.98 Å². The van der Waals surface area contributed by atoms with Gasteiger partial charge in [-0.3, -0.25) is 9.55 Å². The Balaban J connectivity index is 2.04. The summed E-state index contributed by atoms with van der Waals surface area (Å²) in [5.41, 5.74) is 4.46. The van der Waals surface area contributed by atoms with Gasteiger partial charge in [-0.05, 0) is 46.0 Å². The molecule has 0 aliphatic heterocycles. The first-order valence-electron chi connectivity index (χ1n) is 8.34. The van der Waals surface area contributed by atoms with Crippen LogP contribution in [0.2, 0.25) is 0 Å². The summed E-state index contributed by atoms with van der Waals surface area (Å²) in [7, 11) is 1.69. The van der Waals surface area contributed by atoms with Gasteiger partial charge in [0.15, 0.2) is 0 Å². The molecule has 25 heavy (non-hydrogen) atoms. The van der Waals surface area contributed by atoms with Gasteiger partial charge in [0.1, 0.15) is 17.2 Å². The summed E-state index contributed by atoms with van der Waals surface area (Å²) in [4.78, 5) is 8.84. The van der Waals surface area contributed by atoms with Gasteiger partial charge in [-0.15, -0.1) is 0 Å². The number of halogens is 1. The van der Waals surface area contributed by atoms with Gasteiger partial charge in [0.25, 0.3) is 0 Å². The van der Waals surface area contributed by atoms with Crippen LogP contribution in [0.5, 0.6) is 0 Å². The molecule has 0 amide bonds. The number of imidazole rings is 1. The van der Waals surface area contributed by atoms with Crippen molar-refractivity contribution in [2.45, 2.75) is 27.0 Å². The van der Waals surface area contributed by atoms with Crippen molar-refractivity contribution in [2.24, 2.45) is 5.92 Å². The predicted molar refractivity (Wildman–Crippen MR) is 104 cm³/mol. The molecule has 0 saturated carbocycles. The van der Waals surface area contributed by atoms with Crippen LogP contribution in [-0.4, -0.2) is 21.6 Å². The van der Waals surface area contributed by atoms with Crippen LogP contribution in [0.25, 0.3) is 22.6 Å². The zero-order chi connectivity index (χ0) is 17.8. The number of rotatable bonds is 6. The molecule has 5 heteroatoms. The van der Waals surface area contributed by atoms with E-state index in [4.69, 9.17) is 9.72 Å². The molecule has 0 fully saturated rings. The van der Waals surface area contributed by atoms with Crippen LogP contribution in [0.15, 0.2) is 53.4 Å².